The van der Waals surface area contributed by atoms with Gasteiger partial charge in [-0.15, -0.1) is 0 Å². The molecule has 0 radical (unpaired) electrons. The average molecular weight is 485 g/mol. The van der Waals surface area contributed by atoms with E-state index in [1.807, 2.05) is 42.2 Å². The summed E-state index contributed by atoms with van der Waals surface area (Å²) in [6.07, 6.45) is 3.73. The molecule has 1 amide bonds. The quantitative estimate of drug-likeness (QED) is 0.661. The molecule has 2 aliphatic carbocycles. The van der Waals surface area contributed by atoms with Gasteiger partial charge in [0.25, 0.3) is 5.91 Å². The van der Waals surface area contributed by atoms with E-state index in [2.05, 4.69) is 37.6 Å². The molecule has 2 heterocycles. The fraction of sp³-hybridized carbons (Fsp3) is 0.516. The summed E-state index contributed by atoms with van der Waals surface area (Å²) in [5.74, 6) is 8.07. The zero-order valence-electron chi connectivity index (χ0n) is 21.8. The second-order valence-corrected chi connectivity index (χ2v) is 11.7. The number of piperidine rings is 1. The van der Waals surface area contributed by atoms with Gasteiger partial charge in [0.05, 0.1) is 6.04 Å². The molecule has 1 saturated carbocycles. The summed E-state index contributed by atoms with van der Waals surface area (Å²) < 4.78 is 6.80. The van der Waals surface area contributed by atoms with Gasteiger partial charge in [0, 0.05) is 40.6 Å². The van der Waals surface area contributed by atoms with Gasteiger partial charge in [-0.05, 0) is 87.9 Å². The number of aryl methyl sites for hydroxylation is 1. The first kappa shape index (κ1) is 23.4. The molecule has 5 atom stereocenters. The Morgan fingerprint density at radius 2 is 2.11 bits per heavy atom. The third-order valence-electron chi connectivity index (χ3n) is 9.14. The number of carbonyl (C=O) groups is 1. The Balaban J connectivity index is 1.40. The van der Waals surface area contributed by atoms with Gasteiger partial charge in [-0.3, -0.25) is 4.79 Å². The number of phenolic OH excluding ortho intramolecular Hbond substituents is 1. The highest BCUT2D eigenvalue weighted by atomic mass is 16.5. The highest BCUT2D eigenvalue weighted by molar-refractivity contribution is 5.94. The topological polar surface area (TPSA) is 53.0 Å². The first-order valence-electron chi connectivity index (χ1n) is 13.4. The van der Waals surface area contributed by atoms with Crippen LogP contribution in [0.5, 0.6) is 11.5 Å². The van der Waals surface area contributed by atoms with Crippen LogP contribution in [0.1, 0.15) is 55.4 Å². The molecule has 1 N–H and O–H groups in total. The summed E-state index contributed by atoms with van der Waals surface area (Å²) in [5.41, 5.74) is 4.14. The maximum atomic E-state index is 13.7. The largest absolute Gasteiger partial charge is 0.508 e. The van der Waals surface area contributed by atoms with Gasteiger partial charge < -0.3 is 19.6 Å². The maximum absolute atomic E-state index is 13.7. The molecular formula is C31H36N2O3. The molecule has 1 saturated heterocycles. The number of hydrogen-bond donors (Lipinski definition) is 1. The molecule has 2 aromatic rings. The Morgan fingerprint density at radius 1 is 1.28 bits per heavy atom. The van der Waals surface area contributed by atoms with Gasteiger partial charge in [0.2, 0.25) is 0 Å². The number of hydrogen-bond acceptors (Lipinski definition) is 4. The number of likely N-dealkylation sites (tertiary alicyclic amines) is 1. The minimum absolute atomic E-state index is 0.0347. The predicted octanol–water partition coefficient (Wildman–Crippen LogP) is 4.27. The van der Waals surface area contributed by atoms with E-state index in [0.29, 0.717) is 30.2 Å². The lowest BCUT2D eigenvalue weighted by molar-refractivity contribution is -0.137. The molecule has 0 unspecified atom stereocenters. The first-order chi connectivity index (χ1) is 17.3. The molecule has 5 heteroatoms. The number of ether oxygens (including phenoxy) is 1. The summed E-state index contributed by atoms with van der Waals surface area (Å²) >= 11 is 0. The Kier molecular flexibility index (Phi) is 5.57. The molecule has 36 heavy (non-hydrogen) atoms. The molecule has 2 aromatic carbocycles. The summed E-state index contributed by atoms with van der Waals surface area (Å²) in [4.78, 5) is 18.2. The van der Waals surface area contributed by atoms with E-state index in [1.54, 1.807) is 6.07 Å². The Morgan fingerprint density at radius 3 is 2.89 bits per heavy atom. The minimum Gasteiger partial charge on any atom is -0.508 e. The van der Waals surface area contributed by atoms with Crippen molar-refractivity contribution in [2.75, 3.05) is 20.1 Å². The van der Waals surface area contributed by atoms with Crippen LogP contribution in [0, 0.1) is 30.6 Å². The summed E-state index contributed by atoms with van der Waals surface area (Å²) in [6, 6.07) is 12.1. The smallest absolute Gasteiger partial charge is 0.299 e. The van der Waals surface area contributed by atoms with Crippen molar-refractivity contribution in [2.24, 2.45) is 11.8 Å². The number of benzene rings is 2. The highest BCUT2D eigenvalue weighted by Crippen LogP contribution is 2.63. The van der Waals surface area contributed by atoms with Gasteiger partial charge in [-0.1, -0.05) is 31.9 Å². The van der Waals surface area contributed by atoms with E-state index in [0.717, 1.165) is 54.7 Å². The third kappa shape index (κ3) is 3.45. The van der Waals surface area contributed by atoms with E-state index in [-0.39, 0.29) is 23.5 Å². The van der Waals surface area contributed by atoms with Crippen LogP contribution < -0.4 is 4.74 Å². The maximum Gasteiger partial charge on any atom is 0.299 e. The number of rotatable bonds is 3. The second-order valence-electron chi connectivity index (χ2n) is 11.7. The van der Waals surface area contributed by atoms with Gasteiger partial charge in [0.15, 0.2) is 0 Å². The standard InChI is InChI=1S/C31H36N2O3/c1-19(2)18-33(28(35)13-8-21-7-5-6-20(3)16-21)24-10-9-23-25-17-22-26(34)11-12-27-29(22)31(23,30(24)36-27)14-15-32(25)4/h5-7,11-12,16,19,23-25,30,34H,9-10,14-15,17-18H2,1-4H3/t23-,24+,25+,30-,31-/m0/s1. The van der Waals surface area contributed by atoms with Crippen LogP contribution in [0.3, 0.4) is 0 Å². The van der Waals surface area contributed by atoms with Crippen LogP contribution in [0.4, 0.5) is 0 Å². The number of nitrogens with zero attached hydrogens (tertiary/aromatic N) is 2. The SMILES string of the molecule is Cc1cccc(C#CC(=O)N(CC(C)C)[C@@H]2CC[C@H]3[C@H]4Cc5c(O)ccc6c5[C@@]3(CCN4C)[C@H]2O6)c1. The molecular weight excluding hydrogens is 448 g/mol. The van der Waals surface area contributed by atoms with Crippen molar-refractivity contribution in [1.82, 2.24) is 9.80 Å². The lowest BCUT2D eigenvalue weighted by Crippen LogP contribution is -2.68. The van der Waals surface area contributed by atoms with E-state index < -0.39 is 0 Å². The second kappa shape index (κ2) is 8.56. The van der Waals surface area contributed by atoms with Gasteiger partial charge >= 0.3 is 0 Å². The normalized spacial score (nSPS) is 29.7. The predicted molar refractivity (Wildman–Crippen MR) is 140 cm³/mol. The van der Waals surface area contributed by atoms with Gasteiger partial charge in [0.1, 0.15) is 17.6 Å². The van der Waals surface area contributed by atoms with Crippen molar-refractivity contribution in [2.45, 2.75) is 70.1 Å². The van der Waals surface area contributed by atoms with Crippen LogP contribution in [0.15, 0.2) is 36.4 Å². The van der Waals surface area contributed by atoms with Crippen LogP contribution in [0.25, 0.3) is 0 Å². The van der Waals surface area contributed by atoms with Crippen molar-refractivity contribution in [3.63, 3.8) is 0 Å². The first-order valence-corrected chi connectivity index (χ1v) is 13.4. The molecule has 2 aliphatic heterocycles. The molecule has 0 aromatic heterocycles. The molecule has 4 aliphatic rings. The molecule has 2 bridgehead atoms. The van der Waals surface area contributed by atoms with Crippen molar-refractivity contribution in [3.05, 3.63) is 58.7 Å². The van der Waals surface area contributed by atoms with E-state index in [1.165, 1.54) is 5.56 Å². The lowest BCUT2D eigenvalue weighted by Gasteiger charge is -2.60. The summed E-state index contributed by atoms with van der Waals surface area (Å²) in [5, 5.41) is 10.9. The zero-order chi connectivity index (χ0) is 25.2. The number of phenols is 1. The van der Waals surface area contributed by atoms with Crippen molar-refractivity contribution < 1.29 is 14.6 Å². The van der Waals surface area contributed by atoms with Crippen molar-refractivity contribution in [3.8, 4) is 23.3 Å². The van der Waals surface area contributed by atoms with E-state index in [9.17, 15) is 9.90 Å². The van der Waals surface area contributed by atoms with Crippen LogP contribution in [-0.2, 0) is 16.6 Å². The van der Waals surface area contributed by atoms with E-state index >= 15 is 0 Å². The number of aromatic hydroxyl groups is 1. The van der Waals surface area contributed by atoms with E-state index in [4.69, 9.17) is 4.74 Å². The lowest BCUT2D eigenvalue weighted by atomic mass is 9.51. The molecule has 2 fully saturated rings. The molecule has 6 rings (SSSR count). The highest BCUT2D eigenvalue weighted by Gasteiger charge is 2.66. The third-order valence-corrected chi connectivity index (χ3v) is 9.14. The molecule has 5 nitrogen and oxygen atoms in total. The van der Waals surface area contributed by atoms with Crippen molar-refractivity contribution in [1.29, 1.82) is 0 Å². The van der Waals surface area contributed by atoms with Crippen LogP contribution in [0.2, 0.25) is 0 Å². The summed E-state index contributed by atoms with van der Waals surface area (Å²) in [6.45, 7) is 8.02. The molecule has 188 valence electrons. The Hall–Kier alpha value is -2.97. The number of amides is 1. The minimum atomic E-state index is -0.152. The Labute approximate surface area is 214 Å². The number of carbonyl (C=O) groups excluding carboxylic acids is 1. The monoisotopic (exact) mass is 484 g/mol. The average Bonchev–Trinajstić information content (AvgIpc) is 3.18. The van der Waals surface area contributed by atoms with Crippen molar-refractivity contribution >= 4 is 5.91 Å². The summed E-state index contributed by atoms with van der Waals surface area (Å²) in [7, 11) is 2.22. The number of likely N-dealkylation sites (N-methyl/N-ethyl adjacent to an activating group) is 1. The van der Waals surface area contributed by atoms with Crippen LogP contribution >= 0.6 is 0 Å². The van der Waals surface area contributed by atoms with Crippen LogP contribution in [-0.4, -0.2) is 59.1 Å². The Bertz CT molecular complexity index is 1270. The fourth-order valence-electron chi connectivity index (χ4n) is 7.72. The molecule has 1 spiro atoms. The fourth-order valence-corrected chi connectivity index (χ4v) is 7.72. The zero-order valence-corrected chi connectivity index (χ0v) is 21.8. The van der Waals surface area contributed by atoms with Gasteiger partial charge in [-0.25, -0.2) is 0 Å². The van der Waals surface area contributed by atoms with Gasteiger partial charge in [-0.2, -0.15) is 0 Å².